The third-order valence-corrected chi connectivity index (χ3v) is 6.33. The first kappa shape index (κ1) is 23.8. The van der Waals surface area contributed by atoms with Crippen LogP contribution in [-0.2, 0) is 0 Å². The molecular formula is C31H30BNO3. The van der Waals surface area contributed by atoms with Gasteiger partial charge in [-0.3, -0.25) is 0 Å². The van der Waals surface area contributed by atoms with E-state index in [1.54, 1.807) is 0 Å². The second-order valence-electron chi connectivity index (χ2n) is 8.69. The zero-order chi connectivity index (χ0) is 24.7. The fourth-order valence-electron chi connectivity index (χ4n) is 4.51. The number of allylic oxidation sites excluding steroid dienone is 1. The minimum absolute atomic E-state index is 0.433. The van der Waals surface area contributed by atoms with Crippen molar-refractivity contribution in [2.75, 3.05) is 20.2 Å². The molecule has 0 aromatic heterocycles. The zero-order valence-electron chi connectivity index (χ0n) is 20.7. The number of rotatable bonds is 9. The van der Waals surface area contributed by atoms with Crippen LogP contribution in [0.15, 0.2) is 103 Å². The minimum atomic E-state index is -0.433. The van der Waals surface area contributed by atoms with Crippen LogP contribution in [0.3, 0.4) is 0 Å². The standard InChI is InChI=1S/C31H30BNO3/c1-3-28(23-9-5-4-6-10-23)31(25-15-19-27(20-16-25)34-22-21-33-2)24-13-17-26(18-14-24)32-35-29-11-7-8-12-30(29)36-32/h4-20,33H,3,21-22H2,1-2H3. The van der Waals surface area contributed by atoms with Crippen LogP contribution < -0.4 is 24.8 Å². The molecule has 0 aliphatic carbocycles. The fraction of sp³-hybridized carbons (Fsp3) is 0.161. The molecule has 4 aromatic rings. The molecule has 5 heteroatoms. The lowest BCUT2D eigenvalue weighted by Gasteiger charge is -2.17. The van der Waals surface area contributed by atoms with Gasteiger partial charge in [-0.05, 0) is 65.6 Å². The van der Waals surface area contributed by atoms with E-state index in [1.165, 1.54) is 16.7 Å². The molecule has 1 aliphatic heterocycles. The highest BCUT2D eigenvalue weighted by molar-refractivity contribution is 6.63. The molecule has 0 unspecified atom stereocenters. The van der Waals surface area contributed by atoms with Crippen LogP contribution >= 0.6 is 0 Å². The van der Waals surface area contributed by atoms with Crippen LogP contribution in [-0.4, -0.2) is 27.3 Å². The van der Waals surface area contributed by atoms with Gasteiger partial charge in [-0.2, -0.15) is 0 Å². The van der Waals surface area contributed by atoms with E-state index in [0.717, 1.165) is 46.8 Å². The zero-order valence-corrected chi connectivity index (χ0v) is 20.7. The summed E-state index contributed by atoms with van der Waals surface area (Å²) in [5.74, 6) is 2.43. The summed E-state index contributed by atoms with van der Waals surface area (Å²) in [6, 6.07) is 35.3. The summed E-state index contributed by atoms with van der Waals surface area (Å²) >= 11 is 0. The van der Waals surface area contributed by atoms with Crippen molar-refractivity contribution in [1.29, 1.82) is 0 Å². The molecule has 0 bridgehead atoms. The Morgan fingerprint density at radius 2 is 1.31 bits per heavy atom. The summed E-state index contributed by atoms with van der Waals surface area (Å²) in [6.07, 6.45) is 0.908. The lowest BCUT2D eigenvalue weighted by molar-refractivity contribution is 0.318. The summed E-state index contributed by atoms with van der Waals surface area (Å²) in [4.78, 5) is 0. The minimum Gasteiger partial charge on any atom is -0.519 e. The second kappa shape index (κ2) is 11.2. The molecule has 0 radical (unpaired) electrons. The number of fused-ring (bicyclic) bond motifs is 1. The van der Waals surface area contributed by atoms with E-state index in [-0.39, 0.29) is 0 Å². The summed E-state index contributed by atoms with van der Waals surface area (Å²) in [5.41, 5.74) is 7.04. The number of hydrogen-bond acceptors (Lipinski definition) is 4. The van der Waals surface area contributed by atoms with Crippen molar-refractivity contribution >= 4 is 23.7 Å². The van der Waals surface area contributed by atoms with Gasteiger partial charge >= 0.3 is 7.12 Å². The molecular weight excluding hydrogens is 445 g/mol. The Morgan fingerprint density at radius 3 is 1.89 bits per heavy atom. The Bertz CT molecular complexity index is 1290. The molecule has 180 valence electrons. The molecule has 1 heterocycles. The summed E-state index contributed by atoms with van der Waals surface area (Å²) in [6.45, 7) is 3.66. The van der Waals surface area contributed by atoms with E-state index in [1.807, 2.05) is 31.3 Å². The number of ether oxygens (including phenoxy) is 1. The van der Waals surface area contributed by atoms with Gasteiger partial charge in [0, 0.05) is 12.0 Å². The highest BCUT2D eigenvalue weighted by Gasteiger charge is 2.33. The average molecular weight is 475 g/mol. The van der Waals surface area contributed by atoms with Gasteiger partial charge in [0.25, 0.3) is 0 Å². The fourth-order valence-corrected chi connectivity index (χ4v) is 4.51. The van der Waals surface area contributed by atoms with Crippen molar-refractivity contribution in [3.63, 3.8) is 0 Å². The van der Waals surface area contributed by atoms with E-state index in [2.05, 4.69) is 91.1 Å². The maximum absolute atomic E-state index is 6.02. The predicted octanol–water partition coefficient (Wildman–Crippen LogP) is 5.82. The molecule has 1 N–H and O–H groups in total. The van der Waals surface area contributed by atoms with Crippen LogP contribution in [0.25, 0.3) is 11.1 Å². The molecule has 36 heavy (non-hydrogen) atoms. The maximum atomic E-state index is 6.02. The van der Waals surface area contributed by atoms with Gasteiger partial charge in [0.1, 0.15) is 23.9 Å². The van der Waals surface area contributed by atoms with Gasteiger partial charge in [0.2, 0.25) is 0 Å². The third kappa shape index (κ3) is 5.17. The first-order chi connectivity index (χ1) is 17.8. The van der Waals surface area contributed by atoms with Gasteiger partial charge in [0.05, 0.1) is 0 Å². The van der Waals surface area contributed by atoms with E-state index in [0.29, 0.717) is 6.61 Å². The molecule has 0 fully saturated rings. The number of para-hydroxylation sites is 2. The van der Waals surface area contributed by atoms with Gasteiger partial charge < -0.3 is 19.4 Å². The quantitative estimate of drug-likeness (QED) is 0.188. The number of hydrogen-bond donors (Lipinski definition) is 1. The lowest BCUT2D eigenvalue weighted by Crippen LogP contribution is -2.38. The molecule has 4 aromatic carbocycles. The molecule has 0 saturated carbocycles. The summed E-state index contributed by atoms with van der Waals surface area (Å²) in [5, 5.41) is 3.11. The Labute approximate surface area is 213 Å². The van der Waals surface area contributed by atoms with Crippen molar-refractivity contribution in [2.24, 2.45) is 0 Å². The number of likely N-dealkylation sites (N-methyl/N-ethyl adjacent to an activating group) is 1. The normalized spacial score (nSPS) is 12.9. The van der Waals surface area contributed by atoms with Crippen molar-refractivity contribution in [2.45, 2.75) is 13.3 Å². The molecule has 0 saturated heterocycles. The van der Waals surface area contributed by atoms with E-state index in [9.17, 15) is 0 Å². The smallest absolute Gasteiger partial charge is 0.519 e. The first-order valence-electron chi connectivity index (χ1n) is 12.5. The van der Waals surface area contributed by atoms with E-state index in [4.69, 9.17) is 14.0 Å². The van der Waals surface area contributed by atoms with Crippen LogP contribution in [0, 0.1) is 0 Å². The molecule has 1 aliphatic rings. The van der Waals surface area contributed by atoms with Crippen LogP contribution in [0.1, 0.15) is 30.0 Å². The Kier molecular flexibility index (Phi) is 7.39. The summed E-state index contributed by atoms with van der Waals surface area (Å²) < 4.78 is 17.9. The van der Waals surface area contributed by atoms with Crippen LogP contribution in [0.2, 0.25) is 0 Å². The maximum Gasteiger partial charge on any atom is 0.632 e. The Morgan fingerprint density at radius 1 is 0.722 bits per heavy atom. The van der Waals surface area contributed by atoms with Gasteiger partial charge in [0.15, 0.2) is 0 Å². The average Bonchev–Trinajstić information content (AvgIpc) is 3.37. The predicted molar refractivity (Wildman–Crippen MR) is 148 cm³/mol. The monoisotopic (exact) mass is 475 g/mol. The van der Waals surface area contributed by atoms with Crippen molar-refractivity contribution < 1.29 is 14.0 Å². The summed E-state index contributed by atoms with van der Waals surface area (Å²) in [7, 11) is 1.49. The van der Waals surface area contributed by atoms with Crippen molar-refractivity contribution in [3.8, 4) is 17.2 Å². The molecule has 0 amide bonds. The molecule has 5 rings (SSSR count). The SMILES string of the molecule is CCC(=C(c1ccc(OCCNC)cc1)c1ccc(B2Oc3ccccc3O2)cc1)c1ccccc1. The highest BCUT2D eigenvalue weighted by Crippen LogP contribution is 2.36. The van der Waals surface area contributed by atoms with E-state index < -0.39 is 7.12 Å². The van der Waals surface area contributed by atoms with Gasteiger partial charge in [-0.1, -0.05) is 85.8 Å². The second-order valence-corrected chi connectivity index (χ2v) is 8.69. The van der Waals surface area contributed by atoms with E-state index >= 15 is 0 Å². The molecule has 0 spiro atoms. The third-order valence-electron chi connectivity index (χ3n) is 6.33. The van der Waals surface area contributed by atoms with Crippen LogP contribution in [0.4, 0.5) is 0 Å². The largest absolute Gasteiger partial charge is 0.632 e. The Hall–Kier alpha value is -3.96. The first-order valence-corrected chi connectivity index (χ1v) is 12.5. The van der Waals surface area contributed by atoms with Crippen LogP contribution in [0.5, 0.6) is 17.2 Å². The topological polar surface area (TPSA) is 39.7 Å². The number of benzene rings is 4. The van der Waals surface area contributed by atoms with Crippen molar-refractivity contribution in [1.82, 2.24) is 5.32 Å². The van der Waals surface area contributed by atoms with Crippen molar-refractivity contribution in [3.05, 3.63) is 120 Å². The molecule has 0 atom stereocenters. The number of nitrogens with one attached hydrogen (secondary N) is 1. The Balaban J connectivity index is 1.49. The van der Waals surface area contributed by atoms with Gasteiger partial charge in [-0.25, -0.2) is 0 Å². The van der Waals surface area contributed by atoms with Gasteiger partial charge in [-0.15, -0.1) is 0 Å². The highest BCUT2D eigenvalue weighted by atomic mass is 16.6. The molecule has 4 nitrogen and oxygen atoms in total. The lowest BCUT2D eigenvalue weighted by atomic mass is 9.78.